The summed E-state index contributed by atoms with van der Waals surface area (Å²) in [5.41, 5.74) is 1.35. The Morgan fingerprint density at radius 3 is 2.28 bits per heavy atom. The lowest BCUT2D eigenvalue weighted by Gasteiger charge is -2.27. The summed E-state index contributed by atoms with van der Waals surface area (Å²) < 4.78 is 0. The van der Waals surface area contributed by atoms with Gasteiger partial charge in [-0.1, -0.05) is 31.1 Å². The second-order valence-corrected chi connectivity index (χ2v) is 5.62. The number of hydrogen-bond donors (Lipinski definition) is 1. The molecule has 0 unspecified atom stereocenters. The third kappa shape index (κ3) is 3.90. The molecule has 18 heavy (non-hydrogen) atoms. The molecule has 1 saturated carbocycles. The quantitative estimate of drug-likeness (QED) is 0.744. The van der Waals surface area contributed by atoms with Gasteiger partial charge in [0.25, 0.3) is 0 Å². The number of phenolic OH excluding ortho intramolecular Hbond substituents is 1. The van der Waals surface area contributed by atoms with E-state index in [0.717, 1.165) is 18.3 Å². The Morgan fingerprint density at radius 2 is 1.67 bits per heavy atom. The van der Waals surface area contributed by atoms with Gasteiger partial charge < -0.3 is 5.11 Å². The first-order valence-electron chi connectivity index (χ1n) is 7.16. The zero-order chi connectivity index (χ0) is 12.8. The van der Waals surface area contributed by atoms with Crippen molar-refractivity contribution in [2.75, 3.05) is 0 Å². The molecule has 0 amide bonds. The Balaban J connectivity index is 1.72. The SMILES string of the molecule is C=CC[C@H]1CC[C@H](CCc2ccc(O)cc2)CC1. The molecule has 2 rings (SSSR count). The van der Waals surface area contributed by atoms with Crippen molar-refractivity contribution in [2.45, 2.75) is 44.9 Å². The summed E-state index contributed by atoms with van der Waals surface area (Å²) in [6.45, 7) is 3.84. The molecule has 0 radical (unpaired) electrons. The molecule has 0 spiro atoms. The number of allylic oxidation sites excluding steroid dienone is 1. The maximum absolute atomic E-state index is 9.25. The van der Waals surface area contributed by atoms with E-state index in [1.165, 1.54) is 44.1 Å². The number of hydrogen-bond acceptors (Lipinski definition) is 1. The van der Waals surface area contributed by atoms with Crippen LogP contribution in [-0.4, -0.2) is 5.11 Å². The molecule has 0 heterocycles. The van der Waals surface area contributed by atoms with Crippen molar-refractivity contribution in [1.82, 2.24) is 0 Å². The molecule has 1 heteroatoms. The largest absolute Gasteiger partial charge is 0.508 e. The van der Waals surface area contributed by atoms with Crippen LogP contribution in [0.15, 0.2) is 36.9 Å². The number of aryl methyl sites for hydroxylation is 1. The highest BCUT2D eigenvalue weighted by atomic mass is 16.3. The molecule has 0 aromatic heterocycles. The highest BCUT2D eigenvalue weighted by Crippen LogP contribution is 2.33. The van der Waals surface area contributed by atoms with E-state index in [1.54, 1.807) is 12.1 Å². The molecule has 1 aliphatic rings. The fourth-order valence-electron chi connectivity index (χ4n) is 3.02. The molecular weight excluding hydrogens is 220 g/mol. The monoisotopic (exact) mass is 244 g/mol. The minimum Gasteiger partial charge on any atom is -0.508 e. The maximum atomic E-state index is 9.25. The number of benzene rings is 1. The second-order valence-electron chi connectivity index (χ2n) is 5.62. The molecule has 0 bridgehead atoms. The lowest BCUT2D eigenvalue weighted by atomic mass is 9.78. The summed E-state index contributed by atoms with van der Waals surface area (Å²) in [7, 11) is 0. The Kier molecular flexibility index (Phi) is 4.86. The summed E-state index contributed by atoms with van der Waals surface area (Å²) in [6.07, 6.45) is 11.3. The molecule has 1 aliphatic carbocycles. The first-order chi connectivity index (χ1) is 8.78. The van der Waals surface area contributed by atoms with Crippen molar-refractivity contribution in [2.24, 2.45) is 11.8 Å². The Bertz CT molecular complexity index is 358. The van der Waals surface area contributed by atoms with Crippen molar-refractivity contribution in [1.29, 1.82) is 0 Å². The third-order valence-corrected chi connectivity index (χ3v) is 4.24. The Morgan fingerprint density at radius 1 is 1.06 bits per heavy atom. The van der Waals surface area contributed by atoms with Crippen LogP contribution in [-0.2, 0) is 6.42 Å². The fourth-order valence-corrected chi connectivity index (χ4v) is 3.02. The smallest absolute Gasteiger partial charge is 0.115 e. The van der Waals surface area contributed by atoms with E-state index in [4.69, 9.17) is 0 Å². The van der Waals surface area contributed by atoms with Gasteiger partial charge in [-0.2, -0.15) is 0 Å². The summed E-state index contributed by atoms with van der Waals surface area (Å²) in [5.74, 6) is 2.16. The maximum Gasteiger partial charge on any atom is 0.115 e. The number of phenols is 1. The van der Waals surface area contributed by atoms with Gasteiger partial charge in [-0.25, -0.2) is 0 Å². The van der Waals surface area contributed by atoms with Gasteiger partial charge in [-0.3, -0.25) is 0 Å². The van der Waals surface area contributed by atoms with Crippen LogP contribution in [0.25, 0.3) is 0 Å². The minimum absolute atomic E-state index is 0.365. The Labute approximate surface area is 111 Å². The van der Waals surface area contributed by atoms with E-state index in [-0.39, 0.29) is 0 Å². The molecule has 98 valence electrons. The summed E-state index contributed by atoms with van der Waals surface area (Å²) in [5, 5.41) is 9.25. The molecule has 0 aliphatic heterocycles. The van der Waals surface area contributed by atoms with Crippen LogP contribution in [0.4, 0.5) is 0 Å². The average molecular weight is 244 g/mol. The normalized spacial score (nSPS) is 23.8. The fraction of sp³-hybridized carbons (Fsp3) is 0.529. The van der Waals surface area contributed by atoms with Crippen LogP contribution in [0.5, 0.6) is 5.75 Å². The van der Waals surface area contributed by atoms with E-state index < -0.39 is 0 Å². The van der Waals surface area contributed by atoms with Crippen LogP contribution < -0.4 is 0 Å². The molecule has 1 nitrogen and oxygen atoms in total. The van der Waals surface area contributed by atoms with Crippen molar-refractivity contribution >= 4 is 0 Å². The average Bonchev–Trinajstić information content (AvgIpc) is 2.40. The van der Waals surface area contributed by atoms with Gasteiger partial charge in [0.15, 0.2) is 0 Å². The summed E-state index contributed by atoms with van der Waals surface area (Å²) in [4.78, 5) is 0. The summed E-state index contributed by atoms with van der Waals surface area (Å²) in [6, 6.07) is 7.66. The second kappa shape index (κ2) is 6.63. The van der Waals surface area contributed by atoms with E-state index in [1.807, 2.05) is 12.1 Å². The van der Waals surface area contributed by atoms with E-state index >= 15 is 0 Å². The first-order valence-corrected chi connectivity index (χ1v) is 7.16. The number of aromatic hydroxyl groups is 1. The lowest BCUT2D eigenvalue weighted by Crippen LogP contribution is -2.14. The molecule has 1 aromatic carbocycles. The van der Waals surface area contributed by atoms with Crippen LogP contribution in [0.3, 0.4) is 0 Å². The highest BCUT2D eigenvalue weighted by Gasteiger charge is 2.19. The predicted octanol–water partition coefficient (Wildman–Crippen LogP) is 4.71. The molecule has 0 saturated heterocycles. The standard InChI is InChI=1S/C17H24O/c1-2-3-14-4-6-15(7-5-14)8-9-16-10-12-17(18)13-11-16/h2,10-15,18H,1,3-9H2/t14-,15-. The van der Waals surface area contributed by atoms with Crippen molar-refractivity contribution in [3.8, 4) is 5.75 Å². The Hall–Kier alpha value is -1.24. The predicted molar refractivity (Wildman–Crippen MR) is 76.7 cm³/mol. The topological polar surface area (TPSA) is 20.2 Å². The van der Waals surface area contributed by atoms with Crippen LogP contribution in [0.1, 0.15) is 44.1 Å². The number of rotatable bonds is 5. The van der Waals surface area contributed by atoms with Gasteiger partial charge in [0.1, 0.15) is 5.75 Å². The first kappa shape index (κ1) is 13.2. The van der Waals surface area contributed by atoms with E-state index in [2.05, 4.69) is 12.7 Å². The molecule has 1 fully saturated rings. The van der Waals surface area contributed by atoms with Crippen LogP contribution >= 0.6 is 0 Å². The van der Waals surface area contributed by atoms with Crippen molar-refractivity contribution in [3.05, 3.63) is 42.5 Å². The highest BCUT2D eigenvalue weighted by molar-refractivity contribution is 5.25. The summed E-state index contributed by atoms with van der Waals surface area (Å²) >= 11 is 0. The molecule has 1 aromatic rings. The zero-order valence-corrected chi connectivity index (χ0v) is 11.1. The molecule has 0 atom stereocenters. The van der Waals surface area contributed by atoms with Gasteiger partial charge in [0.05, 0.1) is 0 Å². The van der Waals surface area contributed by atoms with Gasteiger partial charge >= 0.3 is 0 Å². The third-order valence-electron chi connectivity index (χ3n) is 4.24. The van der Waals surface area contributed by atoms with E-state index in [0.29, 0.717) is 5.75 Å². The zero-order valence-electron chi connectivity index (χ0n) is 11.1. The van der Waals surface area contributed by atoms with Gasteiger partial charge in [-0.05, 0) is 61.6 Å². The molecular formula is C17H24O. The van der Waals surface area contributed by atoms with Crippen molar-refractivity contribution in [3.63, 3.8) is 0 Å². The van der Waals surface area contributed by atoms with Crippen LogP contribution in [0, 0.1) is 11.8 Å². The van der Waals surface area contributed by atoms with Gasteiger partial charge in [-0.15, -0.1) is 6.58 Å². The van der Waals surface area contributed by atoms with Gasteiger partial charge in [0.2, 0.25) is 0 Å². The molecule has 1 N–H and O–H groups in total. The van der Waals surface area contributed by atoms with Gasteiger partial charge in [0, 0.05) is 0 Å². The minimum atomic E-state index is 0.365. The van der Waals surface area contributed by atoms with Crippen molar-refractivity contribution < 1.29 is 5.11 Å². The van der Waals surface area contributed by atoms with E-state index in [9.17, 15) is 5.11 Å². The lowest BCUT2D eigenvalue weighted by molar-refractivity contribution is 0.265. The van der Waals surface area contributed by atoms with Crippen LogP contribution in [0.2, 0.25) is 0 Å².